The van der Waals surface area contributed by atoms with Crippen LogP contribution >= 0.6 is 0 Å². The Kier molecular flexibility index (Phi) is 6.73. The summed E-state index contributed by atoms with van der Waals surface area (Å²) >= 11 is 0. The minimum absolute atomic E-state index is 0.0184. The summed E-state index contributed by atoms with van der Waals surface area (Å²) in [6.07, 6.45) is 0.256. The molecule has 1 unspecified atom stereocenters. The first-order valence-electron chi connectivity index (χ1n) is 6.79. The van der Waals surface area contributed by atoms with Gasteiger partial charge in [-0.25, -0.2) is 5.48 Å². The van der Waals surface area contributed by atoms with Crippen LogP contribution in [0.3, 0.4) is 0 Å². The van der Waals surface area contributed by atoms with Crippen molar-refractivity contribution in [3.05, 3.63) is 35.9 Å². The second-order valence-corrected chi connectivity index (χ2v) is 4.85. The van der Waals surface area contributed by atoms with E-state index in [0.717, 1.165) is 5.56 Å². The van der Waals surface area contributed by atoms with Gasteiger partial charge < -0.3 is 5.32 Å². The van der Waals surface area contributed by atoms with E-state index >= 15 is 0 Å². The Morgan fingerprint density at radius 1 is 1.20 bits per heavy atom. The summed E-state index contributed by atoms with van der Waals surface area (Å²) in [6.45, 7) is 5.91. The molecule has 5 heteroatoms. The third kappa shape index (κ3) is 5.40. The first-order valence-corrected chi connectivity index (χ1v) is 6.79. The van der Waals surface area contributed by atoms with E-state index in [4.69, 9.17) is 4.84 Å². The highest BCUT2D eigenvalue weighted by atomic mass is 16.6. The maximum atomic E-state index is 12.0. The normalized spacial score (nSPS) is 12.0. The zero-order valence-electron chi connectivity index (χ0n) is 12.2. The minimum Gasteiger partial charge on any atom is -0.344 e. The fourth-order valence-electron chi connectivity index (χ4n) is 1.75. The molecular weight excluding hydrogens is 256 g/mol. The van der Waals surface area contributed by atoms with Crippen LogP contribution in [0.25, 0.3) is 0 Å². The highest BCUT2D eigenvalue weighted by Gasteiger charge is 2.24. The van der Waals surface area contributed by atoms with Gasteiger partial charge in [-0.05, 0) is 18.4 Å². The smallest absolute Gasteiger partial charge is 0.266 e. The van der Waals surface area contributed by atoms with Crippen LogP contribution in [0.4, 0.5) is 0 Å². The maximum Gasteiger partial charge on any atom is 0.266 e. The number of hydroxylamine groups is 1. The number of carbonyl (C=O) groups is 2. The molecule has 0 heterocycles. The Bertz CT molecular complexity index is 432. The van der Waals surface area contributed by atoms with E-state index in [2.05, 4.69) is 10.8 Å². The number of rotatable bonds is 7. The molecule has 2 N–H and O–H groups in total. The fourth-order valence-corrected chi connectivity index (χ4v) is 1.75. The van der Waals surface area contributed by atoms with Gasteiger partial charge in [-0.15, -0.1) is 0 Å². The summed E-state index contributed by atoms with van der Waals surface area (Å²) < 4.78 is 0. The molecule has 0 aliphatic rings. The molecule has 0 bridgehead atoms. The van der Waals surface area contributed by atoms with Gasteiger partial charge in [0, 0.05) is 0 Å². The number of hydrogen-bond donors (Lipinski definition) is 2. The number of amides is 2. The largest absolute Gasteiger partial charge is 0.344 e. The first kappa shape index (κ1) is 16.2. The van der Waals surface area contributed by atoms with Gasteiger partial charge in [-0.2, -0.15) is 0 Å². The van der Waals surface area contributed by atoms with E-state index in [0.29, 0.717) is 6.61 Å². The van der Waals surface area contributed by atoms with Crippen LogP contribution in [0.2, 0.25) is 0 Å². The SMILES string of the molecule is CCONC(=O)C(NC(=O)Cc1ccccc1)C(C)C. The lowest BCUT2D eigenvalue weighted by Crippen LogP contribution is -2.50. The van der Waals surface area contributed by atoms with Crippen molar-refractivity contribution >= 4 is 11.8 Å². The topological polar surface area (TPSA) is 67.4 Å². The highest BCUT2D eigenvalue weighted by molar-refractivity contribution is 5.88. The molecule has 0 aliphatic heterocycles. The Morgan fingerprint density at radius 3 is 2.40 bits per heavy atom. The van der Waals surface area contributed by atoms with Crippen LogP contribution in [0, 0.1) is 5.92 Å². The monoisotopic (exact) mass is 278 g/mol. The zero-order valence-corrected chi connectivity index (χ0v) is 12.2. The molecule has 110 valence electrons. The molecule has 1 rings (SSSR count). The lowest BCUT2D eigenvalue weighted by molar-refractivity contribution is -0.139. The molecule has 0 radical (unpaired) electrons. The van der Waals surface area contributed by atoms with Crippen molar-refractivity contribution < 1.29 is 14.4 Å². The Balaban J connectivity index is 2.57. The van der Waals surface area contributed by atoms with Gasteiger partial charge in [0.1, 0.15) is 6.04 Å². The predicted molar refractivity (Wildman–Crippen MR) is 76.7 cm³/mol. The molecule has 1 aromatic rings. The molecule has 0 saturated carbocycles. The average Bonchev–Trinajstić information content (AvgIpc) is 2.43. The van der Waals surface area contributed by atoms with Gasteiger partial charge in [0.15, 0.2) is 0 Å². The Labute approximate surface area is 119 Å². The van der Waals surface area contributed by atoms with E-state index in [1.807, 2.05) is 44.2 Å². The predicted octanol–water partition coefficient (Wildman–Crippen LogP) is 1.44. The molecule has 20 heavy (non-hydrogen) atoms. The summed E-state index contributed by atoms with van der Waals surface area (Å²) in [7, 11) is 0. The van der Waals surface area contributed by atoms with Crippen molar-refractivity contribution in [3.63, 3.8) is 0 Å². The van der Waals surface area contributed by atoms with Gasteiger partial charge in [0.2, 0.25) is 5.91 Å². The number of carbonyl (C=O) groups excluding carboxylic acids is 2. The van der Waals surface area contributed by atoms with Gasteiger partial charge in [0.05, 0.1) is 13.0 Å². The molecule has 1 aromatic carbocycles. The quantitative estimate of drug-likeness (QED) is 0.742. The summed E-state index contributed by atoms with van der Waals surface area (Å²) in [5, 5.41) is 2.74. The van der Waals surface area contributed by atoms with Crippen molar-refractivity contribution in [3.8, 4) is 0 Å². The summed E-state index contributed by atoms with van der Waals surface area (Å²) in [5.74, 6) is -0.528. The zero-order chi connectivity index (χ0) is 15.0. The highest BCUT2D eigenvalue weighted by Crippen LogP contribution is 2.04. The molecule has 0 spiro atoms. The number of hydrogen-bond acceptors (Lipinski definition) is 3. The molecule has 1 atom stereocenters. The van der Waals surface area contributed by atoms with Gasteiger partial charge in [-0.3, -0.25) is 14.4 Å². The van der Waals surface area contributed by atoms with Crippen molar-refractivity contribution in [2.75, 3.05) is 6.61 Å². The van der Waals surface area contributed by atoms with Gasteiger partial charge in [-0.1, -0.05) is 44.2 Å². The molecule has 0 aromatic heterocycles. The van der Waals surface area contributed by atoms with Gasteiger partial charge in [0.25, 0.3) is 5.91 Å². The Hall–Kier alpha value is -1.88. The van der Waals surface area contributed by atoms with E-state index in [1.54, 1.807) is 6.92 Å². The minimum atomic E-state index is -0.599. The van der Waals surface area contributed by atoms with Crippen molar-refractivity contribution in [2.24, 2.45) is 5.92 Å². The lowest BCUT2D eigenvalue weighted by Gasteiger charge is -2.21. The third-order valence-electron chi connectivity index (χ3n) is 2.79. The second kappa shape index (κ2) is 8.32. The fraction of sp³-hybridized carbons (Fsp3) is 0.467. The van der Waals surface area contributed by atoms with E-state index in [-0.39, 0.29) is 24.2 Å². The first-order chi connectivity index (χ1) is 9.54. The molecule has 0 fully saturated rings. The maximum absolute atomic E-state index is 12.0. The third-order valence-corrected chi connectivity index (χ3v) is 2.79. The summed E-state index contributed by atoms with van der Waals surface area (Å²) in [5.41, 5.74) is 3.24. The molecule has 0 aliphatic carbocycles. The molecule has 0 saturated heterocycles. The van der Waals surface area contributed by atoms with Crippen LogP contribution in [-0.2, 0) is 20.8 Å². The second-order valence-electron chi connectivity index (χ2n) is 4.85. The van der Waals surface area contributed by atoms with E-state index < -0.39 is 6.04 Å². The van der Waals surface area contributed by atoms with E-state index in [1.165, 1.54) is 0 Å². The van der Waals surface area contributed by atoms with Crippen LogP contribution in [0.1, 0.15) is 26.3 Å². The Morgan fingerprint density at radius 2 is 1.85 bits per heavy atom. The van der Waals surface area contributed by atoms with Gasteiger partial charge >= 0.3 is 0 Å². The number of nitrogens with one attached hydrogen (secondary N) is 2. The lowest BCUT2D eigenvalue weighted by atomic mass is 10.0. The molecule has 2 amide bonds. The number of benzene rings is 1. The molecular formula is C15H22N2O3. The van der Waals surface area contributed by atoms with Crippen molar-refractivity contribution in [1.29, 1.82) is 0 Å². The average molecular weight is 278 g/mol. The van der Waals surface area contributed by atoms with Crippen LogP contribution in [-0.4, -0.2) is 24.5 Å². The van der Waals surface area contributed by atoms with Crippen LogP contribution in [0.5, 0.6) is 0 Å². The van der Waals surface area contributed by atoms with Crippen LogP contribution < -0.4 is 10.8 Å². The van der Waals surface area contributed by atoms with E-state index in [9.17, 15) is 9.59 Å². The van der Waals surface area contributed by atoms with Crippen LogP contribution in [0.15, 0.2) is 30.3 Å². The standard InChI is InChI=1S/C15H22N2O3/c1-4-20-17-15(19)14(11(2)3)16-13(18)10-12-8-6-5-7-9-12/h5-9,11,14H,4,10H2,1-3H3,(H,16,18)(H,17,19). The van der Waals surface area contributed by atoms with Crippen molar-refractivity contribution in [1.82, 2.24) is 10.8 Å². The summed E-state index contributed by atoms with van der Waals surface area (Å²) in [4.78, 5) is 28.7. The summed E-state index contributed by atoms with van der Waals surface area (Å²) in [6, 6.07) is 8.81. The molecule has 5 nitrogen and oxygen atoms in total. The van der Waals surface area contributed by atoms with Crippen molar-refractivity contribution in [2.45, 2.75) is 33.2 Å².